The number of Topliss-reactive ketones (excluding diaryl/α,β-unsaturated/α-hetero) is 1. The molecule has 22 heavy (non-hydrogen) atoms. The Morgan fingerprint density at radius 2 is 1.95 bits per heavy atom. The molecule has 0 aliphatic rings. The van der Waals surface area contributed by atoms with Gasteiger partial charge in [0, 0.05) is 11.6 Å². The number of phenolic OH excluding ortho intramolecular Hbond substituents is 2. The van der Waals surface area contributed by atoms with Gasteiger partial charge in [0.1, 0.15) is 5.82 Å². The second-order valence-electron chi connectivity index (χ2n) is 4.42. The van der Waals surface area contributed by atoms with Gasteiger partial charge in [0.2, 0.25) is 11.8 Å². The quantitative estimate of drug-likeness (QED) is 0.441. The van der Waals surface area contributed by atoms with E-state index in [1.54, 1.807) is 18.2 Å². The maximum Gasteiger partial charge on any atom is 0.233 e. The second-order valence-corrected chi connectivity index (χ2v) is 4.42. The van der Waals surface area contributed by atoms with Gasteiger partial charge in [0.15, 0.2) is 17.3 Å². The highest BCUT2D eigenvalue weighted by Crippen LogP contribution is 2.25. The van der Waals surface area contributed by atoms with Gasteiger partial charge in [-0.3, -0.25) is 9.59 Å². The van der Waals surface area contributed by atoms with Gasteiger partial charge in [-0.15, -0.1) is 0 Å². The third-order valence-electron chi connectivity index (χ3n) is 2.82. The van der Waals surface area contributed by atoms with Crippen molar-refractivity contribution in [3.05, 3.63) is 42.0 Å². The molecule has 0 saturated heterocycles. The average molecular weight is 302 g/mol. The molecule has 114 valence electrons. The number of phenols is 2. The lowest BCUT2D eigenvalue weighted by Crippen LogP contribution is -2.17. The van der Waals surface area contributed by atoms with Crippen LogP contribution in [0.1, 0.15) is 16.8 Å². The molecular weight excluding hydrogens is 288 g/mol. The predicted molar refractivity (Wildman–Crippen MR) is 78.1 cm³/mol. The van der Waals surface area contributed by atoms with E-state index in [0.717, 1.165) is 6.07 Å². The summed E-state index contributed by atoms with van der Waals surface area (Å²) in [5.74, 6) is -1.17. The van der Waals surface area contributed by atoms with E-state index in [1.165, 1.54) is 19.2 Å². The number of ketones is 1. The molecule has 0 aliphatic carbocycles. The zero-order valence-electron chi connectivity index (χ0n) is 11.7. The minimum Gasteiger partial charge on any atom is -0.504 e. The number of anilines is 1. The number of methoxy groups -OCH3 is 1. The molecule has 7 nitrogen and oxygen atoms in total. The second kappa shape index (κ2) is 6.57. The number of aromatic hydroxyl groups is 2. The maximum atomic E-state index is 11.9. The highest BCUT2D eigenvalue weighted by atomic mass is 16.5. The van der Waals surface area contributed by atoms with Crippen LogP contribution in [0.5, 0.6) is 17.4 Å². The summed E-state index contributed by atoms with van der Waals surface area (Å²) < 4.78 is 4.93. The molecule has 0 unspecified atom stereocenters. The minimum atomic E-state index is -0.543. The molecule has 7 heteroatoms. The summed E-state index contributed by atoms with van der Waals surface area (Å²) in [5.41, 5.74) is 0.129. The van der Waals surface area contributed by atoms with Gasteiger partial charge in [0.25, 0.3) is 0 Å². The lowest BCUT2D eigenvalue weighted by Gasteiger charge is -2.06. The number of aromatic nitrogens is 1. The van der Waals surface area contributed by atoms with Gasteiger partial charge < -0.3 is 20.3 Å². The van der Waals surface area contributed by atoms with Crippen LogP contribution in [0.4, 0.5) is 5.82 Å². The summed E-state index contributed by atoms with van der Waals surface area (Å²) in [4.78, 5) is 27.8. The molecule has 1 aromatic carbocycles. The van der Waals surface area contributed by atoms with Crippen molar-refractivity contribution in [2.75, 3.05) is 12.4 Å². The van der Waals surface area contributed by atoms with E-state index in [2.05, 4.69) is 10.3 Å². The molecule has 1 heterocycles. The van der Waals surface area contributed by atoms with Crippen LogP contribution >= 0.6 is 0 Å². The van der Waals surface area contributed by atoms with Crippen LogP contribution in [0.3, 0.4) is 0 Å². The number of nitrogens with one attached hydrogen (secondary N) is 1. The van der Waals surface area contributed by atoms with E-state index < -0.39 is 23.9 Å². The topological polar surface area (TPSA) is 109 Å². The van der Waals surface area contributed by atoms with Crippen LogP contribution in [0.25, 0.3) is 0 Å². The fourth-order valence-corrected chi connectivity index (χ4v) is 1.73. The summed E-state index contributed by atoms with van der Waals surface area (Å²) in [5, 5.41) is 21.0. The van der Waals surface area contributed by atoms with Crippen LogP contribution in [0, 0.1) is 0 Å². The van der Waals surface area contributed by atoms with Gasteiger partial charge in [-0.25, -0.2) is 0 Å². The van der Waals surface area contributed by atoms with Crippen LogP contribution < -0.4 is 10.1 Å². The van der Waals surface area contributed by atoms with Crippen molar-refractivity contribution in [2.24, 2.45) is 0 Å². The number of rotatable bonds is 5. The largest absolute Gasteiger partial charge is 0.504 e. The number of amides is 1. The fourth-order valence-electron chi connectivity index (χ4n) is 1.73. The summed E-state index contributed by atoms with van der Waals surface area (Å²) in [6.45, 7) is 0. The standard InChI is InChI=1S/C15H14N2O5/c1-22-15-4-2-3-13(17-15)16-14(21)8-11(19)9-5-6-10(18)12(20)7-9/h2-7,18,20H,8H2,1H3,(H,16,17,21). The number of carbonyl (C=O) groups excluding carboxylic acids is 2. The van der Waals surface area contributed by atoms with Crippen LogP contribution in [-0.4, -0.2) is 34.0 Å². The van der Waals surface area contributed by atoms with Gasteiger partial charge in [-0.2, -0.15) is 4.98 Å². The van der Waals surface area contributed by atoms with E-state index in [4.69, 9.17) is 4.74 Å². The lowest BCUT2D eigenvalue weighted by atomic mass is 10.1. The number of pyridine rings is 1. The lowest BCUT2D eigenvalue weighted by molar-refractivity contribution is -0.115. The molecule has 2 aromatic rings. The first-order valence-corrected chi connectivity index (χ1v) is 6.35. The smallest absolute Gasteiger partial charge is 0.233 e. The van der Waals surface area contributed by atoms with Crippen molar-refractivity contribution >= 4 is 17.5 Å². The third-order valence-corrected chi connectivity index (χ3v) is 2.82. The molecule has 1 amide bonds. The van der Waals surface area contributed by atoms with Crippen molar-refractivity contribution in [3.8, 4) is 17.4 Å². The predicted octanol–water partition coefficient (Wildman–Crippen LogP) is 1.71. The summed E-state index contributed by atoms with van der Waals surface area (Å²) in [6.07, 6.45) is -0.414. The zero-order valence-corrected chi connectivity index (χ0v) is 11.7. The van der Waals surface area contributed by atoms with Crippen molar-refractivity contribution in [3.63, 3.8) is 0 Å². The summed E-state index contributed by atoms with van der Waals surface area (Å²) in [6, 6.07) is 8.46. The van der Waals surface area contributed by atoms with Crippen LogP contribution in [0.2, 0.25) is 0 Å². The first-order valence-electron chi connectivity index (χ1n) is 6.35. The first-order chi connectivity index (χ1) is 10.5. The number of benzene rings is 1. The summed E-state index contributed by atoms with van der Waals surface area (Å²) >= 11 is 0. The molecule has 0 fully saturated rings. The molecule has 0 saturated carbocycles. The van der Waals surface area contributed by atoms with Gasteiger partial charge in [-0.05, 0) is 24.3 Å². The average Bonchev–Trinajstić information content (AvgIpc) is 2.50. The van der Waals surface area contributed by atoms with Gasteiger partial charge in [-0.1, -0.05) is 6.07 Å². The Balaban J connectivity index is 2.01. The SMILES string of the molecule is COc1cccc(NC(=O)CC(=O)c2ccc(O)c(O)c2)n1. The fraction of sp³-hybridized carbons (Fsp3) is 0.133. The zero-order chi connectivity index (χ0) is 16.1. The van der Waals surface area contributed by atoms with Gasteiger partial charge >= 0.3 is 0 Å². The van der Waals surface area contributed by atoms with E-state index in [0.29, 0.717) is 5.88 Å². The molecule has 0 aliphatic heterocycles. The van der Waals surface area contributed by atoms with E-state index in [-0.39, 0.29) is 17.1 Å². The molecule has 0 bridgehead atoms. The van der Waals surface area contributed by atoms with Crippen molar-refractivity contribution in [1.82, 2.24) is 4.98 Å². The summed E-state index contributed by atoms with van der Waals surface area (Å²) in [7, 11) is 1.45. The number of ether oxygens (including phenoxy) is 1. The van der Waals surface area contributed by atoms with E-state index >= 15 is 0 Å². The van der Waals surface area contributed by atoms with Crippen molar-refractivity contribution in [1.29, 1.82) is 0 Å². The Bertz CT molecular complexity index is 715. The number of hydrogen-bond acceptors (Lipinski definition) is 6. The Kier molecular flexibility index (Phi) is 4.57. The first kappa shape index (κ1) is 15.3. The van der Waals surface area contributed by atoms with Crippen molar-refractivity contribution < 1.29 is 24.5 Å². The minimum absolute atomic E-state index is 0.129. The molecule has 0 atom stereocenters. The highest BCUT2D eigenvalue weighted by Gasteiger charge is 2.14. The Hall–Kier alpha value is -3.09. The Morgan fingerprint density at radius 1 is 1.18 bits per heavy atom. The number of nitrogens with zero attached hydrogens (tertiary/aromatic N) is 1. The monoisotopic (exact) mass is 302 g/mol. The number of carbonyl (C=O) groups is 2. The molecule has 0 radical (unpaired) electrons. The highest BCUT2D eigenvalue weighted by molar-refractivity contribution is 6.11. The van der Waals surface area contributed by atoms with E-state index in [1.807, 2.05) is 0 Å². The molecule has 2 rings (SSSR count). The number of hydrogen-bond donors (Lipinski definition) is 3. The third kappa shape index (κ3) is 3.72. The molecule has 1 aromatic heterocycles. The molecule has 3 N–H and O–H groups in total. The molecule has 0 spiro atoms. The van der Waals surface area contributed by atoms with Crippen LogP contribution in [-0.2, 0) is 4.79 Å². The maximum absolute atomic E-state index is 11.9. The Labute approximate surface area is 126 Å². The normalized spacial score (nSPS) is 10.0. The van der Waals surface area contributed by atoms with Crippen LogP contribution in [0.15, 0.2) is 36.4 Å². The van der Waals surface area contributed by atoms with Crippen molar-refractivity contribution in [2.45, 2.75) is 6.42 Å². The van der Waals surface area contributed by atoms with Gasteiger partial charge in [0.05, 0.1) is 13.5 Å². The molecular formula is C15H14N2O5. The van der Waals surface area contributed by atoms with E-state index in [9.17, 15) is 19.8 Å². The Morgan fingerprint density at radius 3 is 2.64 bits per heavy atom.